The average molecular weight is 254 g/mol. The van der Waals surface area contributed by atoms with E-state index < -0.39 is 13.9 Å². The van der Waals surface area contributed by atoms with Gasteiger partial charge in [-0.1, -0.05) is 0 Å². The summed E-state index contributed by atoms with van der Waals surface area (Å²) in [6.07, 6.45) is 1.20. The van der Waals surface area contributed by atoms with Crippen LogP contribution in [-0.2, 0) is 16.5 Å². The van der Waals surface area contributed by atoms with Gasteiger partial charge in [0, 0.05) is 0 Å². The molecule has 1 unspecified atom stereocenters. The Morgan fingerprint density at radius 3 is 2.79 bits per heavy atom. The Morgan fingerprint density at radius 1 is 1.36 bits per heavy atom. The molecule has 0 fully saturated rings. The van der Waals surface area contributed by atoms with Crippen molar-refractivity contribution in [2.75, 3.05) is 0 Å². The number of rotatable bonds is 2. The molecule has 74 valence electrons. The number of hydrogen-bond acceptors (Lipinski definition) is 1. The zero-order chi connectivity index (χ0) is 9.97. The van der Waals surface area contributed by atoms with Gasteiger partial charge < -0.3 is 0 Å². The van der Waals surface area contributed by atoms with Gasteiger partial charge in [-0.2, -0.15) is 0 Å². The number of fused-ring (bicyclic) bond motifs is 1. The fourth-order valence-corrected chi connectivity index (χ4v) is 6.51. The van der Waals surface area contributed by atoms with Gasteiger partial charge in [-0.15, -0.1) is 0 Å². The summed E-state index contributed by atoms with van der Waals surface area (Å²) in [6.45, 7) is 1.73. The second kappa shape index (κ2) is 4.29. The molecule has 14 heavy (non-hydrogen) atoms. The van der Waals surface area contributed by atoms with Crippen LogP contribution >= 0.6 is 0 Å². The molecule has 0 aliphatic carbocycles. The van der Waals surface area contributed by atoms with Crippen molar-refractivity contribution in [3.8, 4) is 0 Å². The Morgan fingerprint density at radius 2 is 2.07 bits per heavy atom. The molecule has 0 bridgehead atoms. The van der Waals surface area contributed by atoms with Gasteiger partial charge in [0.05, 0.1) is 0 Å². The van der Waals surface area contributed by atoms with E-state index in [2.05, 4.69) is 24.3 Å². The molecule has 0 N–H and O–H groups in total. The molecule has 1 aliphatic rings. The quantitative estimate of drug-likeness (QED) is 0.741. The second-order valence-corrected chi connectivity index (χ2v) is 8.46. The van der Waals surface area contributed by atoms with Crippen LogP contribution in [0.3, 0.4) is 0 Å². The SMILES string of the molecule is CC(=O)C[Se+]1CCc2ccccc2C1. The Labute approximate surface area is 89.4 Å². The molecule has 1 aromatic rings. The summed E-state index contributed by atoms with van der Waals surface area (Å²) in [7, 11) is 0. The molecular formula is C12H15OSe+. The second-order valence-electron chi connectivity index (χ2n) is 3.83. The first-order chi connectivity index (χ1) is 6.75. The summed E-state index contributed by atoms with van der Waals surface area (Å²) in [5.74, 6) is 0.384. The molecule has 0 aromatic heterocycles. The maximum absolute atomic E-state index is 11.1. The number of Topliss-reactive ketones (excluding diaryl/α,β-unsaturated/α-hetero) is 1. The van der Waals surface area contributed by atoms with E-state index in [4.69, 9.17) is 0 Å². The molecule has 0 radical (unpaired) electrons. The van der Waals surface area contributed by atoms with Gasteiger partial charge in [0.2, 0.25) is 0 Å². The van der Waals surface area contributed by atoms with Crippen LogP contribution in [0.1, 0.15) is 18.1 Å². The van der Waals surface area contributed by atoms with Crippen LogP contribution in [0, 0.1) is 0 Å². The molecule has 1 aromatic carbocycles. The van der Waals surface area contributed by atoms with Crippen molar-refractivity contribution in [3.05, 3.63) is 35.4 Å². The van der Waals surface area contributed by atoms with E-state index in [1.807, 2.05) is 0 Å². The molecule has 2 heteroatoms. The summed E-state index contributed by atoms with van der Waals surface area (Å²) in [5.41, 5.74) is 3.01. The third-order valence-corrected chi connectivity index (χ3v) is 7.40. The van der Waals surface area contributed by atoms with E-state index in [-0.39, 0.29) is 0 Å². The third-order valence-electron chi connectivity index (χ3n) is 2.55. The van der Waals surface area contributed by atoms with Gasteiger partial charge in [0.1, 0.15) is 0 Å². The van der Waals surface area contributed by atoms with E-state index in [1.165, 1.54) is 28.2 Å². The van der Waals surface area contributed by atoms with E-state index in [9.17, 15) is 4.79 Å². The fraction of sp³-hybridized carbons (Fsp3) is 0.417. The van der Waals surface area contributed by atoms with Crippen molar-refractivity contribution < 1.29 is 4.79 Å². The first-order valence-corrected chi connectivity index (χ1v) is 8.59. The molecular weight excluding hydrogens is 239 g/mol. The number of carbonyl (C=O) groups is 1. The third kappa shape index (κ3) is 2.26. The molecule has 1 atom stereocenters. The van der Waals surface area contributed by atoms with Gasteiger partial charge >= 0.3 is 89.2 Å². The zero-order valence-electron chi connectivity index (χ0n) is 8.45. The Hall–Kier alpha value is -0.591. The number of carbonyl (C=O) groups excluding carboxylic acids is 1. The molecule has 0 saturated heterocycles. The number of aryl methyl sites for hydroxylation is 1. The Kier molecular flexibility index (Phi) is 3.05. The molecule has 0 saturated carbocycles. The van der Waals surface area contributed by atoms with Crippen LogP contribution in [0.2, 0.25) is 10.6 Å². The first-order valence-electron chi connectivity index (χ1n) is 4.96. The van der Waals surface area contributed by atoms with Gasteiger partial charge in [0.15, 0.2) is 0 Å². The Bertz CT molecular complexity index is 346. The van der Waals surface area contributed by atoms with Crippen LogP contribution in [0.4, 0.5) is 0 Å². The van der Waals surface area contributed by atoms with E-state index in [1.54, 1.807) is 6.92 Å². The monoisotopic (exact) mass is 255 g/mol. The van der Waals surface area contributed by atoms with E-state index in [0.29, 0.717) is 5.78 Å². The summed E-state index contributed by atoms with van der Waals surface area (Å²) in [4.78, 5) is 11.1. The minimum atomic E-state index is -0.635. The summed E-state index contributed by atoms with van der Waals surface area (Å²) in [5, 5.41) is 3.40. The van der Waals surface area contributed by atoms with Gasteiger partial charge in [-0.25, -0.2) is 0 Å². The maximum atomic E-state index is 11.1. The predicted molar refractivity (Wildman–Crippen MR) is 59.9 cm³/mol. The van der Waals surface area contributed by atoms with Crippen molar-refractivity contribution >= 4 is 19.7 Å². The average Bonchev–Trinajstić information content (AvgIpc) is 2.17. The van der Waals surface area contributed by atoms with Crippen LogP contribution < -0.4 is 0 Å². The standard InChI is InChI=1S/C12H15OSe/c1-10(13)8-14-7-6-11-4-2-3-5-12(11)9-14/h2-5H,6-9H2,1H3/q+1. The molecule has 0 spiro atoms. The molecule has 2 rings (SSSR count). The normalized spacial score (nSPS) is 20.2. The van der Waals surface area contributed by atoms with Crippen LogP contribution in [0.25, 0.3) is 0 Å². The summed E-state index contributed by atoms with van der Waals surface area (Å²) < 4.78 is 0. The fourth-order valence-electron chi connectivity index (χ4n) is 1.90. The molecule has 1 aliphatic heterocycles. The van der Waals surface area contributed by atoms with Crippen LogP contribution in [-0.4, -0.2) is 19.7 Å². The first kappa shape index (κ1) is 9.95. The summed E-state index contributed by atoms with van der Waals surface area (Å²) >= 11 is -0.635. The van der Waals surface area contributed by atoms with Crippen molar-refractivity contribution in [2.24, 2.45) is 0 Å². The number of hydrogen-bond donors (Lipinski definition) is 0. The molecule has 0 amide bonds. The van der Waals surface area contributed by atoms with Crippen LogP contribution in [0.5, 0.6) is 0 Å². The predicted octanol–water partition coefficient (Wildman–Crippen LogP) is 2.41. The van der Waals surface area contributed by atoms with Crippen LogP contribution in [0.15, 0.2) is 24.3 Å². The van der Waals surface area contributed by atoms with Gasteiger partial charge in [0.25, 0.3) is 0 Å². The summed E-state index contributed by atoms with van der Waals surface area (Å²) in [6, 6.07) is 8.68. The number of benzene rings is 1. The molecule has 1 nitrogen and oxygen atoms in total. The minimum absolute atomic E-state index is 0.384. The van der Waals surface area contributed by atoms with Crippen molar-refractivity contribution in [1.29, 1.82) is 0 Å². The van der Waals surface area contributed by atoms with E-state index in [0.717, 1.165) is 5.32 Å². The zero-order valence-corrected chi connectivity index (χ0v) is 10.2. The van der Waals surface area contributed by atoms with Crippen molar-refractivity contribution in [3.63, 3.8) is 0 Å². The Balaban J connectivity index is 2.09. The van der Waals surface area contributed by atoms with Crippen molar-refractivity contribution in [1.82, 2.24) is 0 Å². The van der Waals surface area contributed by atoms with Gasteiger partial charge in [-0.05, 0) is 0 Å². The topological polar surface area (TPSA) is 17.1 Å². The van der Waals surface area contributed by atoms with Gasteiger partial charge in [-0.3, -0.25) is 0 Å². The van der Waals surface area contributed by atoms with Crippen molar-refractivity contribution in [2.45, 2.75) is 29.3 Å². The number of ketones is 1. The molecule has 1 heterocycles. The van der Waals surface area contributed by atoms with E-state index >= 15 is 0 Å².